The average molecular weight is 248 g/mol. The van der Waals surface area contributed by atoms with E-state index >= 15 is 0 Å². The van der Waals surface area contributed by atoms with Crippen molar-refractivity contribution in [2.75, 3.05) is 6.54 Å². The van der Waals surface area contributed by atoms with E-state index in [1.54, 1.807) is 18.6 Å². The predicted molar refractivity (Wildman–Crippen MR) is 69.0 cm³/mol. The molecule has 0 aliphatic heterocycles. The van der Waals surface area contributed by atoms with Crippen molar-refractivity contribution in [3.63, 3.8) is 0 Å². The van der Waals surface area contributed by atoms with E-state index in [2.05, 4.69) is 22.2 Å². The molecule has 0 saturated heterocycles. The highest BCUT2D eigenvalue weighted by Crippen LogP contribution is 2.26. The third-order valence-corrected chi connectivity index (χ3v) is 2.86. The van der Waals surface area contributed by atoms with Gasteiger partial charge in [0.25, 0.3) is 0 Å². The molecule has 0 amide bonds. The number of hydrogen-bond acceptors (Lipinski definition) is 3. The summed E-state index contributed by atoms with van der Waals surface area (Å²) in [5.74, 6) is 0. The lowest BCUT2D eigenvalue weighted by Gasteiger charge is -2.19. The van der Waals surface area contributed by atoms with Crippen molar-refractivity contribution < 1.29 is 0 Å². The zero-order valence-electron chi connectivity index (χ0n) is 9.60. The summed E-state index contributed by atoms with van der Waals surface area (Å²) >= 11 is 6.18. The van der Waals surface area contributed by atoms with Crippen molar-refractivity contribution in [2.45, 2.75) is 13.0 Å². The molecule has 0 saturated carbocycles. The van der Waals surface area contributed by atoms with Gasteiger partial charge in [0.05, 0.1) is 11.1 Å². The third-order valence-electron chi connectivity index (χ3n) is 2.54. The Hall–Kier alpha value is -1.45. The second-order valence-corrected chi connectivity index (χ2v) is 4.08. The molecular weight excluding hydrogens is 234 g/mol. The van der Waals surface area contributed by atoms with Crippen molar-refractivity contribution in [3.8, 4) is 0 Å². The fraction of sp³-hybridized carbons (Fsp3) is 0.231. The fourth-order valence-corrected chi connectivity index (χ4v) is 2.01. The van der Waals surface area contributed by atoms with Gasteiger partial charge in [0.1, 0.15) is 0 Å². The Labute approximate surface area is 106 Å². The molecule has 1 atom stereocenters. The number of rotatable bonds is 4. The Morgan fingerprint density at radius 1 is 1.24 bits per heavy atom. The van der Waals surface area contributed by atoms with E-state index in [-0.39, 0.29) is 6.04 Å². The molecule has 0 aromatic carbocycles. The van der Waals surface area contributed by atoms with Crippen LogP contribution < -0.4 is 5.32 Å². The van der Waals surface area contributed by atoms with Gasteiger partial charge in [-0.1, -0.05) is 24.6 Å². The highest BCUT2D eigenvalue weighted by atomic mass is 35.5. The van der Waals surface area contributed by atoms with Crippen LogP contribution in [0.25, 0.3) is 0 Å². The lowest BCUT2D eigenvalue weighted by Crippen LogP contribution is -2.22. The second-order valence-electron chi connectivity index (χ2n) is 3.67. The summed E-state index contributed by atoms with van der Waals surface area (Å²) in [6.07, 6.45) is 7.03. The van der Waals surface area contributed by atoms with Gasteiger partial charge < -0.3 is 5.32 Å². The number of aromatic nitrogens is 2. The van der Waals surface area contributed by atoms with Crippen molar-refractivity contribution in [1.82, 2.24) is 15.3 Å². The van der Waals surface area contributed by atoms with E-state index in [9.17, 15) is 0 Å². The van der Waals surface area contributed by atoms with E-state index in [0.29, 0.717) is 5.02 Å². The van der Waals surface area contributed by atoms with Crippen LogP contribution >= 0.6 is 11.6 Å². The number of hydrogen-bond donors (Lipinski definition) is 1. The lowest BCUT2D eigenvalue weighted by atomic mass is 10.0. The summed E-state index contributed by atoms with van der Waals surface area (Å²) in [6, 6.07) is 5.96. The molecule has 4 heteroatoms. The molecule has 88 valence electrons. The van der Waals surface area contributed by atoms with E-state index in [0.717, 1.165) is 17.7 Å². The zero-order valence-corrected chi connectivity index (χ0v) is 10.4. The standard InChI is InChI=1S/C13H14ClN3/c1-2-17-13(10-4-3-6-15-8-10)11-5-7-16-9-12(11)14/h3-9,13,17H,2H2,1H3. The summed E-state index contributed by atoms with van der Waals surface area (Å²) < 4.78 is 0. The summed E-state index contributed by atoms with van der Waals surface area (Å²) in [5, 5.41) is 4.07. The van der Waals surface area contributed by atoms with Crippen LogP contribution in [0.1, 0.15) is 24.1 Å². The van der Waals surface area contributed by atoms with Crippen molar-refractivity contribution in [3.05, 3.63) is 59.1 Å². The summed E-state index contributed by atoms with van der Waals surface area (Å²) in [5.41, 5.74) is 2.12. The monoisotopic (exact) mass is 247 g/mol. The average Bonchev–Trinajstić information content (AvgIpc) is 2.38. The van der Waals surface area contributed by atoms with Gasteiger partial charge in [-0.2, -0.15) is 0 Å². The molecule has 17 heavy (non-hydrogen) atoms. The molecular formula is C13H14ClN3. The first-order valence-corrected chi connectivity index (χ1v) is 5.93. The summed E-state index contributed by atoms with van der Waals surface area (Å²) in [4.78, 5) is 8.15. The quantitative estimate of drug-likeness (QED) is 0.903. The first kappa shape index (κ1) is 12.0. The van der Waals surface area contributed by atoms with Gasteiger partial charge in [0.2, 0.25) is 0 Å². The first-order chi connectivity index (χ1) is 8.33. The first-order valence-electron chi connectivity index (χ1n) is 5.55. The summed E-state index contributed by atoms with van der Waals surface area (Å²) in [6.45, 7) is 2.93. The van der Waals surface area contributed by atoms with Crippen molar-refractivity contribution in [1.29, 1.82) is 0 Å². The van der Waals surface area contributed by atoms with Gasteiger partial charge in [0, 0.05) is 24.8 Å². The Morgan fingerprint density at radius 3 is 2.71 bits per heavy atom. The van der Waals surface area contributed by atoms with E-state index in [1.165, 1.54) is 0 Å². The highest BCUT2D eigenvalue weighted by Gasteiger charge is 2.15. The molecule has 0 aliphatic rings. The summed E-state index contributed by atoms with van der Waals surface area (Å²) in [7, 11) is 0. The van der Waals surface area contributed by atoms with Crippen molar-refractivity contribution >= 4 is 11.6 Å². The molecule has 0 spiro atoms. The minimum atomic E-state index is 0.0594. The maximum Gasteiger partial charge on any atom is 0.0640 e. The number of nitrogens with one attached hydrogen (secondary N) is 1. The largest absolute Gasteiger partial charge is 0.306 e. The van der Waals surface area contributed by atoms with Crippen LogP contribution in [0, 0.1) is 0 Å². The maximum absolute atomic E-state index is 6.18. The van der Waals surface area contributed by atoms with Crippen LogP contribution in [0.2, 0.25) is 5.02 Å². The molecule has 0 bridgehead atoms. The third kappa shape index (κ3) is 2.81. The van der Waals surface area contributed by atoms with Crippen molar-refractivity contribution in [2.24, 2.45) is 0 Å². The minimum Gasteiger partial charge on any atom is -0.306 e. The topological polar surface area (TPSA) is 37.8 Å². The Morgan fingerprint density at radius 2 is 2.06 bits per heavy atom. The zero-order chi connectivity index (χ0) is 12.1. The van der Waals surface area contributed by atoms with E-state index in [1.807, 2.05) is 24.4 Å². The van der Waals surface area contributed by atoms with Gasteiger partial charge in [0.15, 0.2) is 0 Å². The molecule has 2 aromatic heterocycles. The normalized spacial score (nSPS) is 12.4. The number of halogens is 1. The second kappa shape index (κ2) is 5.75. The Kier molecular flexibility index (Phi) is 4.07. The molecule has 2 heterocycles. The van der Waals surface area contributed by atoms with Gasteiger partial charge in [-0.3, -0.25) is 9.97 Å². The van der Waals surface area contributed by atoms with Crippen LogP contribution in [0.3, 0.4) is 0 Å². The minimum absolute atomic E-state index is 0.0594. The number of pyridine rings is 2. The Balaban J connectivity index is 2.39. The highest BCUT2D eigenvalue weighted by molar-refractivity contribution is 6.31. The van der Waals surface area contributed by atoms with E-state index in [4.69, 9.17) is 11.6 Å². The van der Waals surface area contributed by atoms with Gasteiger partial charge in [-0.05, 0) is 29.8 Å². The van der Waals surface area contributed by atoms with Crippen LogP contribution in [-0.2, 0) is 0 Å². The van der Waals surface area contributed by atoms with Crippen LogP contribution in [-0.4, -0.2) is 16.5 Å². The van der Waals surface area contributed by atoms with Gasteiger partial charge in [-0.25, -0.2) is 0 Å². The molecule has 1 unspecified atom stereocenters. The molecule has 2 rings (SSSR count). The van der Waals surface area contributed by atoms with Gasteiger partial charge in [-0.15, -0.1) is 0 Å². The van der Waals surface area contributed by atoms with Gasteiger partial charge >= 0.3 is 0 Å². The molecule has 0 fully saturated rings. The van der Waals surface area contributed by atoms with E-state index < -0.39 is 0 Å². The SMILES string of the molecule is CCNC(c1cccnc1)c1ccncc1Cl. The van der Waals surface area contributed by atoms with Crippen LogP contribution in [0.4, 0.5) is 0 Å². The molecule has 1 N–H and O–H groups in total. The number of nitrogens with zero attached hydrogens (tertiary/aromatic N) is 2. The molecule has 2 aromatic rings. The Bertz CT molecular complexity index is 473. The molecule has 3 nitrogen and oxygen atoms in total. The lowest BCUT2D eigenvalue weighted by molar-refractivity contribution is 0.628. The van der Waals surface area contributed by atoms with Crippen LogP contribution in [0.15, 0.2) is 43.0 Å². The maximum atomic E-state index is 6.18. The smallest absolute Gasteiger partial charge is 0.0640 e. The van der Waals surface area contributed by atoms with Crippen LogP contribution in [0.5, 0.6) is 0 Å². The fourth-order valence-electron chi connectivity index (χ4n) is 1.78. The molecule has 0 aliphatic carbocycles. The molecule has 0 radical (unpaired) electrons. The predicted octanol–water partition coefficient (Wildman–Crippen LogP) is 2.83.